The predicted octanol–water partition coefficient (Wildman–Crippen LogP) is 2.39. The number of hydrogen-bond donors (Lipinski definition) is 2. The van der Waals surface area contributed by atoms with Crippen molar-refractivity contribution in [2.24, 2.45) is 0 Å². The van der Waals surface area contributed by atoms with Crippen LogP contribution >= 0.6 is 0 Å². The molecule has 16 heavy (non-hydrogen) atoms. The summed E-state index contributed by atoms with van der Waals surface area (Å²) in [5.74, 6) is -1.23. The summed E-state index contributed by atoms with van der Waals surface area (Å²) in [5.41, 5.74) is 3.94. The Labute approximate surface area is 89.0 Å². The molecule has 0 amide bonds. The zero-order valence-corrected chi connectivity index (χ0v) is 7.95. The summed E-state index contributed by atoms with van der Waals surface area (Å²) in [6.45, 7) is 0. The van der Waals surface area contributed by atoms with Gasteiger partial charge in [0.05, 0.1) is 5.56 Å². The molecule has 0 fully saturated rings. The summed E-state index contributed by atoms with van der Waals surface area (Å²) in [6, 6.07) is 3.20. The number of aliphatic carboxylic acids is 1. The number of alkyl halides is 3. The highest BCUT2D eigenvalue weighted by Crippen LogP contribution is 2.34. The number of hydrogen-bond acceptors (Lipinski definition) is 2. The van der Waals surface area contributed by atoms with Gasteiger partial charge in [0, 0.05) is 11.8 Å². The molecule has 0 aromatic heterocycles. The second-order valence-corrected chi connectivity index (χ2v) is 3.02. The Morgan fingerprint density at radius 2 is 2.00 bits per heavy atom. The van der Waals surface area contributed by atoms with Crippen LogP contribution in [0.2, 0.25) is 0 Å². The molecule has 0 radical (unpaired) electrons. The first-order valence-electron chi connectivity index (χ1n) is 4.18. The molecule has 0 atom stereocenters. The maximum atomic E-state index is 12.4. The highest BCUT2D eigenvalue weighted by Gasteiger charge is 2.32. The van der Waals surface area contributed by atoms with Crippen LogP contribution in [0.15, 0.2) is 24.3 Å². The third-order valence-electron chi connectivity index (χ3n) is 1.80. The Bertz CT molecular complexity index is 438. The molecule has 3 N–H and O–H groups in total. The van der Waals surface area contributed by atoms with Crippen molar-refractivity contribution in [2.45, 2.75) is 6.18 Å². The van der Waals surface area contributed by atoms with Gasteiger partial charge in [-0.3, -0.25) is 0 Å². The average Bonchev–Trinajstić information content (AvgIpc) is 2.14. The minimum absolute atomic E-state index is 0.129. The molecule has 0 aliphatic heterocycles. The van der Waals surface area contributed by atoms with Gasteiger partial charge in [-0.2, -0.15) is 13.2 Å². The van der Waals surface area contributed by atoms with Gasteiger partial charge in [-0.05, 0) is 23.8 Å². The highest BCUT2D eigenvalue weighted by atomic mass is 19.4. The fourth-order valence-corrected chi connectivity index (χ4v) is 1.09. The molecule has 0 unspecified atom stereocenters. The van der Waals surface area contributed by atoms with Gasteiger partial charge in [0.2, 0.25) is 0 Å². The summed E-state index contributed by atoms with van der Waals surface area (Å²) in [5, 5.41) is 8.32. The molecule has 1 aromatic carbocycles. The van der Waals surface area contributed by atoms with Crippen LogP contribution in [-0.2, 0) is 11.0 Å². The lowest BCUT2D eigenvalue weighted by Crippen LogP contribution is -2.08. The number of carbonyl (C=O) groups is 1. The number of carboxylic acid groups (broad SMARTS) is 1. The van der Waals surface area contributed by atoms with Gasteiger partial charge in [0.15, 0.2) is 0 Å². The van der Waals surface area contributed by atoms with Gasteiger partial charge in [-0.25, -0.2) is 4.79 Å². The summed E-state index contributed by atoms with van der Waals surface area (Å²) < 4.78 is 37.2. The molecule has 0 aliphatic carbocycles. The van der Waals surface area contributed by atoms with E-state index in [0.29, 0.717) is 0 Å². The van der Waals surface area contributed by atoms with Gasteiger partial charge in [0.25, 0.3) is 0 Å². The van der Waals surface area contributed by atoms with Crippen LogP contribution in [0.4, 0.5) is 18.9 Å². The van der Waals surface area contributed by atoms with E-state index in [-0.39, 0.29) is 11.3 Å². The lowest BCUT2D eigenvalue weighted by atomic mass is 10.1. The van der Waals surface area contributed by atoms with Crippen molar-refractivity contribution in [3.8, 4) is 0 Å². The van der Waals surface area contributed by atoms with E-state index in [4.69, 9.17) is 10.8 Å². The van der Waals surface area contributed by atoms with Crippen molar-refractivity contribution in [1.29, 1.82) is 0 Å². The number of nitrogens with two attached hydrogens (primary N) is 1. The second kappa shape index (κ2) is 4.26. The molecule has 86 valence electrons. The molecule has 3 nitrogen and oxygen atoms in total. The normalized spacial score (nSPS) is 11.9. The van der Waals surface area contributed by atoms with Crippen LogP contribution in [0.5, 0.6) is 0 Å². The van der Waals surface area contributed by atoms with Gasteiger partial charge in [0.1, 0.15) is 0 Å². The minimum atomic E-state index is -4.54. The zero-order valence-electron chi connectivity index (χ0n) is 7.95. The van der Waals surface area contributed by atoms with Crippen molar-refractivity contribution in [2.75, 3.05) is 5.73 Å². The molecule has 0 spiro atoms. The molecule has 0 saturated heterocycles. The van der Waals surface area contributed by atoms with Crippen LogP contribution in [0.3, 0.4) is 0 Å². The van der Waals surface area contributed by atoms with E-state index in [1.54, 1.807) is 0 Å². The molecule has 6 heteroatoms. The molecular weight excluding hydrogens is 223 g/mol. The molecule has 1 rings (SSSR count). The van der Waals surface area contributed by atoms with Crippen molar-refractivity contribution in [3.05, 3.63) is 35.4 Å². The van der Waals surface area contributed by atoms with Gasteiger partial charge >= 0.3 is 12.1 Å². The first kappa shape index (κ1) is 12.1. The Kier molecular flexibility index (Phi) is 3.22. The SMILES string of the molecule is Nc1ccc(/C=C/C(=O)O)cc1C(F)(F)F. The summed E-state index contributed by atoms with van der Waals surface area (Å²) in [6.07, 6.45) is -2.72. The second-order valence-electron chi connectivity index (χ2n) is 3.02. The van der Waals surface area contributed by atoms with E-state index in [2.05, 4.69) is 0 Å². The molecular formula is C10H8F3NO2. The van der Waals surface area contributed by atoms with Crippen molar-refractivity contribution in [1.82, 2.24) is 0 Å². The minimum Gasteiger partial charge on any atom is -0.478 e. The topological polar surface area (TPSA) is 63.3 Å². The largest absolute Gasteiger partial charge is 0.478 e. The lowest BCUT2D eigenvalue weighted by Gasteiger charge is -2.10. The zero-order chi connectivity index (χ0) is 12.3. The number of halogens is 3. The van der Waals surface area contributed by atoms with E-state index < -0.39 is 17.7 Å². The number of rotatable bonds is 2. The van der Waals surface area contributed by atoms with E-state index in [1.165, 1.54) is 6.07 Å². The number of carboxylic acids is 1. The lowest BCUT2D eigenvalue weighted by molar-refractivity contribution is -0.137. The van der Waals surface area contributed by atoms with E-state index in [1.807, 2.05) is 0 Å². The average molecular weight is 231 g/mol. The van der Waals surface area contributed by atoms with Gasteiger partial charge in [-0.15, -0.1) is 0 Å². The number of benzene rings is 1. The number of anilines is 1. The molecule has 0 aliphatic rings. The van der Waals surface area contributed by atoms with Crippen molar-refractivity contribution < 1.29 is 23.1 Å². The summed E-state index contributed by atoms with van der Waals surface area (Å²) >= 11 is 0. The van der Waals surface area contributed by atoms with Gasteiger partial charge < -0.3 is 10.8 Å². The molecule has 0 saturated carbocycles. The molecule has 0 heterocycles. The summed E-state index contributed by atoms with van der Waals surface area (Å²) in [4.78, 5) is 10.2. The highest BCUT2D eigenvalue weighted by molar-refractivity contribution is 5.85. The molecule has 0 bridgehead atoms. The third-order valence-corrected chi connectivity index (χ3v) is 1.80. The maximum Gasteiger partial charge on any atom is 0.418 e. The Morgan fingerprint density at radius 1 is 1.38 bits per heavy atom. The Balaban J connectivity index is 3.13. The van der Waals surface area contributed by atoms with Crippen LogP contribution in [0.25, 0.3) is 6.08 Å². The quantitative estimate of drug-likeness (QED) is 0.606. The Hall–Kier alpha value is -1.98. The summed E-state index contributed by atoms with van der Waals surface area (Å²) in [7, 11) is 0. The van der Waals surface area contributed by atoms with E-state index in [0.717, 1.165) is 24.3 Å². The van der Waals surface area contributed by atoms with Crippen LogP contribution < -0.4 is 5.73 Å². The predicted molar refractivity (Wildman–Crippen MR) is 52.5 cm³/mol. The molecule has 1 aromatic rings. The third kappa shape index (κ3) is 3.01. The van der Waals surface area contributed by atoms with Crippen LogP contribution in [0, 0.1) is 0 Å². The van der Waals surface area contributed by atoms with Crippen molar-refractivity contribution >= 4 is 17.7 Å². The van der Waals surface area contributed by atoms with Crippen LogP contribution in [-0.4, -0.2) is 11.1 Å². The standard InChI is InChI=1S/C10H8F3NO2/c11-10(12,13)7-5-6(1-3-8(7)14)2-4-9(15)16/h1-5H,14H2,(H,15,16)/b4-2+. The monoisotopic (exact) mass is 231 g/mol. The first-order chi connectivity index (χ1) is 7.30. The van der Waals surface area contributed by atoms with E-state index in [9.17, 15) is 18.0 Å². The maximum absolute atomic E-state index is 12.4. The van der Waals surface area contributed by atoms with Crippen LogP contribution in [0.1, 0.15) is 11.1 Å². The van der Waals surface area contributed by atoms with E-state index >= 15 is 0 Å². The smallest absolute Gasteiger partial charge is 0.418 e. The number of nitrogen functional groups attached to an aromatic ring is 1. The van der Waals surface area contributed by atoms with Crippen molar-refractivity contribution in [3.63, 3.8) is 0 Å². The van der Waals surface area contributed by atoms with Gasteiger partial charge in [-0.1, -0.05) is 6.07 Å². The first-order valence-corrected chi connectivity index (χ1v) is 4.18. The fraction of sp³-hybridized carbons (Fsp3) is 0.100. The fourth-order valence-electron chi connectivity index (χ4n) is 1.09. The Morgan fingerprint density at radius 3 is 2.50 bits per heavy atom.